The first-order valence-electron chi connectivity index (χ1n) is 22.7. The minimum Gasteiger partial charge on any atom is -0.462 e. The van der Waals surface area contributed by atoms with Gasteiger partial charge in [0.25, 0.3) is 0 Å². The predicted molar refractivity (Wildman–Crippen MR) is 220 cm³/mol. The maximum Gasteiger partial charge on any atom is 0.306 e. The summed E-state index contributed by atoms with van der Waals surface area (Å²) in [6, 6.07) is 0. The first-order valence-corrected chi connectivity index (χ1v) is 22.7. The number of unbranched alkanes of at least 4 members (excludes halogenated alkanes) is 28. The summed E-state index contributed by atoms with van der Waals surface area (Å²) >= 11 is 0. The third-order valence-corrected chi connectivity index (χ3v) is 10.0. The SMILES string of the molecule is CCCCCC/C=C\CCCCCCCC(=O)OC(COC(=O)CCCCCCCC)COC(=O)CCCCCCCCCCCCCCCCC. The van der Waals surface area contributed by atoms with Crippen LogP contribution in [0.25, 0.3) is 0 Å². The van der Waals surface area contributed by atoms with Crippen molar-refractivity contribution in [3.63, 3.8) is 0 Å². The second-order valence-electron chi connectivity index (χ2n) is 15.3. The molecule has 0 saturated heterocycles. The van der Waals surface area contributed by atoms with E-state index >= 15 is 0 Å². The standard InChI is InChI=1S/C46H86O6/c1-4-7-10-13-16-18-20-22-23-25-26-28-30-33-36-39-45(48)51-42-43(41-50-44(47)38-35-32-15-12-9-6-3)52-46(49)40-37-34-31-29-27-24-21-19-17-14-11-8-5-2/h19,21,43H,4-18,20,22-42H2,1-3H3/b21-19-. The highest BCUT2D eigenvalue weighted by molar-refractivity contribution is 5.71. The molecule has 0 radical (unpaired) electrons. The third-order valence-electron chi connectivity index (χ3n) is 10.0. The molecule has 306 valence electrons. The van der Waals surface area contributed by atoms with Crippen LogP contribution in [0.3, 0.4) is 0 Å². The van der Waals surface area contributed by atoms with Gasteiger partial charge in [-0.3, -0.25) is 14.4 Å². The van der Waals surface area contributed by atoms with Crippen LogP contribution in [0.1, 0.15) is 245 Å². The smallest absolute Gasteiger partial charge is 0.306 e. The predicted octanol–water partition coefficient (Wildman–Crippen LogP) is 14.3. The molecule has 0 amide bonds. The molecule has 0 fully saturated rings. The monoisotopic (exact) mass is 735 g/mol. The zero-order valence-electron chi connectivity index (χ0n) is 34.8. The van der Waals surface area contributed by atoms with Gasteiger partial charge in [0.15, 0.2) is 6.10 Å². The molecule has 0 aliphatic carbocycles. The van der Waals surface area contributed by atoms with E-state index in [9.17, 15) is 14.4 Å². The van der Waals surface area contributed by atoms with Gasteiger partial charge in [-0.25, -0.2) is 0 Å². The van der Waals surface area contributed by atoms with Gasteiger partial charge in [-0.2, -0.15) is 0 Å². The van der Waals surface area contributed by atoms with Gasteiger partial charge in [-0.05, 0) is 44.9 Å². The van der Waals surface area contributed by atoms with Gasteiger partial charge in [0, 0.05) is 19.3 Å². The van der Waals surface area contributed by atoms with E-state index in [2.05, 4.69) is 32.9 Å². The van der Waals surface area contributed by atoms with Crippen LogP contribution in [0.2, 0.25) is 0 Å². The fourth-order valence-corrected chi connectivity index (χ4v) is 6.55. The van der Waals surface area contributed by atoms with E-state index < -0.39 is 6.10 Å². The number of hydrogen-bond acceptors (Lipinski definition) is 6. The fourth-order valence-electron chi connectivity index (χ4n) is 6.55. The zero-order chi connectivity index (χ0) is 38.0. The molecule has 1 unspecified atom stereocenters. The Labute approximate surface area is 322 Å². The van der Waals surface area contributed by atoms with Crippen molar-refractivity contribution in [3.8, 4) is 0 Å². The Morgan fingerprint density at radius 3 is 0.981 bits per heavy atom. The van der Waals surface area contributed by atoms with Crippen LogP contribution < -0.4 is 0 Å². The van der Waals surface area contributed by atoms with E-state index in [0.29, 0.717) is 19.3 Å². The Bertz CT molecular complexity index is 809. The molecule has 0 aromatic carbocycles. The Balaban J connectivity index is 4.24. The minimum atomic E-state index is -0.764. The van der Waals surface area contributed by atoms with E-state index in [-0.39, 0.29) is 31.1 Å². The van der Waals surface area contributed by atoms with Crippen molar-refractivity contribution in [3.05, 3.63) is 12.2 Å². The van der Waals surface area contributed by atoms with E-state index in [1.807, 2.05) is 0 Å². The average molecular weight is 735 g/mol. The van der Waals surface area contributed by atoms with Crippen LogP contribution in [0.15, 0.2) is 12.2 Å². The number of carbonyl (C=O) groups is 3. The van der Waals surface area contributed by atoms with Crippen molar-refractivity contribution < 1.29 is 28.6 Å². The highest BCUT2D eigenvalue weighted by Crippen LogP contribution is 2.15. The lowest BCUT2D eigenvalue weighted by atomic mass is 10.0. The molecular formula is C46H86O6. The molecule has 0 N–H and O–H groups in total. The summed E-state index contributed by atoms with van der Waals surface area (Å²) in [7, 11) is 0. The van der Waals surface area contributed by atoms with Gasteiger partial charge >= 0.3 is 17.9 Å². The normalized spacial score (nSPS) is 12.0. The maximum absolute atomic E-state index is 12.7. The Morgan fingerprint density at radius 1 is 0.365 bits per heavy atom. The molecule has 0 bridgehead atoms. The molecule has 0 heterocycles. The maximum atomic E-state index is 12.7. The quantitative estimate of drug-likeness (QED) is 0.0269. The first-order chi connectivity index (χ1) is 25.5. The van der Waals surface area contributed by atoms with Crippen molar-refractivity contribution in [1.29, 1.82) is 0 Å². The van der Waals surface area contributed by atoms with Gasteiger partial charge < -0.3 is 14.2 Å². The number of carbonyl (C=O) groups excluding carboxylic acids is 3. The number of allylic oxidation sites excluding steroid dienone is 2. The molecule has 0 rings (SSSR count). The van der Waals surface area contributed by atoms with Gasteiger partial charge in [0.2, 0.25) is 0 Å². The summed E-state index contributed by atoms with van der Waals surface area (Å²) < 4.78 is 16.6. The number of rotatable bonds is 41. The van der Waals surface area contributed by atoms with Gasteiger partial charge in [0.05, 0.1) is 0 Å². The molecule has 6 nitrogen and oxygen atoms in total. The van der Waals surface area contributed by atoms with E-state index in [4.69, 9.17) is 14.2 Å². The Kier molecular flexibility index (Phi) is 40.4. The topological polar surface area (TPSA) is 78.9 Å². The summed E-state index contributed by atoms with van der Waals surface area (Å²) in [5, 5.41) is 0. The molecule has 52 heavy (non-hydrogen) atoms. The minimum absolute atomic E-state index is 0.0697. The third kappa shape index (κ3) is 39.4. The largest absolute Gasteiger partial charge is 0.462 e. The van der Waals surface area contributed by atoms with Crippen molar-refractivity contribution >= 4 is 17.9 Å². The molecule has 0 saturated carbocycles. The second-order valence-corrected chi connectivity index (χ2v) is 15.3. The average Bonchev–Trinajstić information content (AvgIpc) is 3.14. The number of hydrogen-bond donors (Lipinski definition) is 0. The number of esters is 3. The van der Waals surface area contributed by atoms with E-state index in [1.165, 1.54) is 141 Å². The summed E-state index contributed by atoms with van der Waals surface area (Å²) in [5.74, 6) is -0.881. The molecule has 0 aliphatic heterocycles. The highest BCUT2D eigenvalue weighted by Gasteiger charge is 2.19. The van der Waals surface area contributed by atoms with Gasteiger partial charge in [-0.1, -0.05) is 193 Å². The van der Waals surface area contributed by atoms with Crippen LogP contribution in [-0.4, -0.2) is 37.2 Å². The molecule has 0 aliphatic rings. The summed E-state index contributed by atoms with van der Waals surface area (Å²) in [5.41, 5.74) is 0. The lowest BCUT2D eigenvalue weighted by Crippen LogP contribution is -2.30. The van der Waals surface area contributed by atoms with Crippen molar-refractivity contribution in [1.82, 2.24) is 0 Å². The van der Waals surface area contributed by atoms with Crippen LogP contribution in [0.4, 0.5) is 0 Å². The Hall–Kier alpha value is -1.85. The van der Waals surface area contributed by atoms with Gasteiger partial charge in [-0.15, -0.1) is 0 Å². The van der Waals surface area contributed by atoms with Crippen molar-refractivity contribution in [2.45, 2.75) is 252 Å². The number of ether oxygens (including phenoxy) is 3. The molecule has 0 spiro atoms. The van der Waals surface area contributed by atoms with Crippen molar-refractivity contribution in [2.24, 2.45) is 0 Å². The summed E-state index contributed by atoms with van der Waals surface area (Å²) in [6.45, 7) is 6.57. The van der Waals surface area contributed by atoms with Crippen LogP contribution in [0, 0.1) is 0 Å². The molecule has 6 heteroatoms. The van der Waals surface area contributed by atoms with E-state index in [1.54, 1.807) is 0 Å². The summed E-state index contributed by atoms with van der Waals surface area (Å²) in [4.78, 5) is 37.5. The second kappa shape index (κ2) is 41.9. The highest BCUT2D eigenvalue weighted by atomic mass is 16.6. The van der Waals surface area contributed by atoms with Crippen LogP contribution in [0.5, 0.6) is 0 Å². The van der Waals surface area contributed by atoms with Crippen molar-refractivity contribution in [2.75, 3.05) is 13.2 Å². The lowest BCUT2D eigenvalue weighted by molar-refractivity contribution is -0.167. The summed E-state index contributed by atoms with van der Waals surface area (Å²) in [6.07, 6.45) is 43.5. The molecule has 0 aromatic heterocycles. The molecule has 1 atom stereocenters. The van der Waals surface area contributed by atoms with Crippen LogP contribution in [-0.2, 0) is 28.6 Å². The van der Waals surface area contributed by atoms with Gasteiger partial charge in [0.1, 0.15) is 13.2 Å². The molecular weight excluding hydrogens is 648 g/mol. The lowest BCUT2D eigenvalue weighted by Gasteiger charge is -2.18. The zero-order valence-corrected chi connectivity index (χ0v) is 34.8. The molecule has 0 aromatic rings. The van der Waals surface area contributed by atoms with E-state index in [0.717, 1.165) is 64.2 Å². The fraction of sp³-hybridized carbons (Fsp3) is 0.891. The first kappa shape index (κ1) is 50.1. The Morgan fingerprint density at radius 2 is 0.635 bits per heavy atom. The van der Waals surface area contributed by atoms with Crippen LogP contribution >= 0.6 is 0 Å².